The van der Waals surface area contributed by atoms with Crippen LogP contribution in [0, 0.1) is 11.3 Å². The van der Waals surface area contributed by atoms with Crippen LogP contribution in [0.5, 0.6) is 0 Å². The normalized spacial score (nSPS) is 12.6. The molecular formula is C15H16F3NO. The summed E-state index contributed by atoms with van der Waals surface area (Å²) in [7, 11) is 1.46. The van der Waals surface area contributed by atoms with E-state index in [0.717, 1.165) is 6.07 Å². The lowest BCUT2D eigenvalue weighted by atomic mass is 9.99. The van der Waals surface area contributed by atoms with E-state index in [4.69, 9.17) is 10.00 Å². The van der Waals surface area contributed by atoms with Gasteiger partial charge >= 0.3 is 6.18 Å². The van der Waals surface area contributed by atoms with Gasteiger partial charge in [-0.3, -0.25) is 0 Å². The Bertz CT molecular complexity index is 527. The predicted octanol–water partition coefficient (Wildman–Crippen LogP) is 4.47. The molecule has 0 saturated heterocycles. The zero-order chi connectivity index (χ0) is 15.2. The molecule has 0 heterocycles. The van der Waals surface area contributed by atoms with Crippen molar-refractivity contribution >= 4 is 0 Å². The Morgan fingerprint density at radius 3 is 2.50 bits per heavy atom. The summed E-state index contributed by atoms with van der Waals surface area (Å²) in [6.07, 6.45) is -3.19. The van der Waals surface area contributed by atoms with Crippen molar-refractivity contribution < 1.29 is 17.9 Å². The number of nitriles is 1. The van der Waals surface area contributed by atoms with Gasteiger partial charge in [-0.2, -0.15) is 18.4 Å². The molecule has 2 nitrogen and oxygen atoms in total. The Balaban J connectivity index is 2.75. The Labute approximate surface area is 116 Å². The molecule has 0 aromatic heterocycles. The first-order chi connectivity index (χ1) is 9.40. The molecule has 5 heteroatoms. The smallest absolute Gasteiger partial charge is 0.416 e. The van der Waals surface area contributed by atoms with E-state index in [1.807, 2.05) is 6.07 Å². The number of aryl methyl sites for hydroxylation is 1. The van der Waals surface area contributed by atoms with Crippen LogP contribution in [0.25, 0.3) is 0 Å². The third kappa shape index (κ3) is 4.30. The van der Waals surface area contributed by atoms with E-state index >= 15 is 0 Å². The molecule has 20 heavy (non-hydrogen) atoms. The number of alkyl halides is 3. The van der Waals surface area contributed by atoms with Gasteiger partial charge in [-0.25, -0.2) is 0 Å². The van der Waals surface area contributed by atoms with E-state index in [1.165, 1.54) is 19.2 Å². The second-order valence-corrected chi connectivity index (χ2v) is 4.36. The molecule has 0 fully saturated rings. The van der Waals surface area contributed by atoms with Crippen LogP contribution in [0.4, 0.5) is 13.2 Å². The first kappa shape index (κ1) is 16.1. The first-order valence-corrected chi connectivity index (χ1v) is 6.19. The molecule has 0 aliphatic heterocycles. The van der Waals surface area contributed by atoms with E-state index in [2.05, 4.69) is 0 Å². The van der Waals surface area contributed by atoms with Gasteiger partial charge in [0.2, 0.25) is 0 Å². The molecule has 1 aromatic carbocycles. The van der Waals surface area contributed by atoms with Gasteiger partial charge in [0.05, 0.1) is 24.3 Å². The summed E-state index contributed by atoms with van der Waals surface area (Å²) in [6, 6.07) is 7.54. The molecule has 0 unspecified atom stereocenters. The molecular weight excluding hydrogens is 267 g/mol. The third-order valence-corrected chi connectivity index (χ3v) is 3.06. The zero-order valence-electron chi connectivity index (χ0n) is 11.4. The Morgan fingerprint density at radius 2 is 1.95 bits per heavy atom. The molecule has 0 spiro atoms. The van der Waals surface area contributed by atoms with Crippen molar-refractivity contribution in [3.63, 3.8) is 0 Å². The number of halogens is 3. The number of hydrogen-bond acceptors (Lipinski definition) is 2. The van der Waals surface area contributed by atoms with E-state index in [-0.39, 0.29) is 12.0 Å². The van der Waals surface area contributed by atoms with Gasteiger partial charge in [-0.1, -0.05) is 18.2 Å². The molecule has 0 saturated carbocycles. The van der Waals surface area contributed by atoms with E-state index in [0.29, 0.717) is 24.2 Å². The maximum absolute atomic E-state index is 12.8. The minimum absolute atomic E-state index is 0.257. The largest absolute Gasteiger partial charge is 0.500 e. The highest BCUT2D eigenvalue weighted by Crippen LogP contribution is 2.32. The van der Waals surface area contributed by atoms with Crippen molar-refractivity contribution in [1.82, 2.24) is 0 Å². The fourth-order valence-corrected chi connectivity index (χ4v) is 1.90. The van der Waals surface area contributed by atoms with Crippen molar-refractivity contribution in [3.05, 3.63) is 46.7 Å². The highest BCUT2D eigenvalue weighted by Gasteiger charge is 2.32. The summed E-state index contributed by atoms with van der Waals surface area (Å²) in [6.45, 7) is 1.67. The third-order valence-electron chi connectivity index (χ3n) is 3.06. The predicted molar refractivity (Wildman–Crippen MR) is 69.7 cm³/mol. The number of methoxy groups -OCH3 is 1. The summed E-state index contributed by atoms with van der Waals surface area (Å²) in [5, 5.41) is 8.94. The van der Waals surface area contributed by atoms with Gasteiger partial charge in [0.15, 0.2) is 0 Å². The van der Waals surface area contributed by atoms with Crippen molar-refractivity contribution in [1.29, 1.82) is 5.26 Å². The summed E-state index contributed by atoms with van der Waals surface area (Å²) in [5.74, 6) is 0.511. The molecule has 0 aliphatic carbocycles. The second-order valence-electron chi connectivity index (χ2n) is 4.36. The van der Waals surface area contributed by atoms with Crippen LogP contribution < -0.4 is 0 Å². The van der Waals surface area contributed by atoms with Crippen LogP contribution in [-0.2, 0) is 17.3 Å². The first-order valence-electron chi connectivity index (χ1n) is 6.19. The highest BCUT2D eigenvalue weighted by atomic mass is 19.4. The summed E-state index contributed by atoms with van der Waals surface area (Å²) >= 11 is 0. The molecule has 108 valence electrons. The summed E-state index contributed by atoms with van der Waals surface area (Å²) in [5.41, 5.74) is 0.121. The van der Waals surface area contributed by atoms with Crippen molar-refractivity contribution in [2.45, 2.75) is 32.4 Å². The van der Waals surface area contributed by atoms with Gasteiger partial charge in [-0.15, -0.1) is 0 Å². The molecule has 1 aromatic rings. The monoisotopic (exact) mass is 283 g/mol. The number of hydrogen-bond donors (Lipinski definition) is 0. The van der Waals surface area contributed by atoms with Crippen molar-refractivity contribution in [2.24, 2.45) is 0 Å². The highest BCUT2D eigenvalue weighted by molar-refractivity contribution is 5.30. The standard InChI is InChI=1S/C15H16F3NO/c1-11(20-2)13(10-19)8-5-7-12-6-3-4-9-14(12)15(16,17)18/h3-4,6,9H,5,7-8H2,1-2H3. The number of ether oxygens (including phenoxy) is 1. The fourth-order valence-electron chi connectivity index (χ4n) is 1.90. The molecule has 0 radical (unpaired) electrons. The fraction of sp³-hybridized carbons (Fsp3) is 0.400. The average molecular weight is 283 g/mol. The Morgan fingerprint density at radius 1 is 1.30 bits per heavy atom. The summed E-state index contributed by atoms with van der Waals surface area (Å²) in [4.78, 5) is 0. The summed E-state index contributed by atoms with van der Waals surface area (Å²) < 4.78 is 43.4. The van der Waals surface area contributed by atoms with Crippen LogP contribution in [0.3, 0.4) is 0 Å². The molecule has 0 amide bonds. The zero-order valence-corrected chi connectivity index (χ0v) is 11.4. The van der Waals surface area contributed by atoms with Crippen LogP contribution in [0.2, 0.25) is 0 Å². The van der Waals surface area contributed by atoms with Gasteiger partial charge in [0.1, 0.15) is 5.76 Å². The number of allylic oxidation sites excluding steroid dienone is 2. The second kappa shape index (κ2) is 6.99. The maximum atomic E-state index is 12.8. The van der Waals surface area contributed by atoms with Gasteiger partial charge in [-0.05, 0) is 37.8 Å². The molecule has 0 bridgehead atoms. The topological polar surface area (TPSA) is 33.0 Å². The van der Waals surface area contributed by atoms with E-state index in [1.54, 1.807) is 13.0 Å². The number of nitrogens with zero attached hydrogens (tertiary/aromatic N) is 1. The molecule has 0 aliphatic rings. The number of benzene rings is 1. The lowest BCUT2D eigenvalue weighted by Crippen LogP contribution is -2.09. The van der Waals surface area contributed by atoms with Crippen molar-refractivity contribution in [2.75, 3.05) is 7.11 Å². The van der Waals surface area contributed by atoms with E-state index in [9.17, 15) is 13.2 Å². The molecule has 0 N–H and O–H groups in total. The van der Waals surface area contributed by atoms with Gasteiger partial charge in [0.25, 0.3) is 0 Å². The Kier molecular flexibility index (Phi) is 5.63. The van der Waals surface area contributed by atoms with Crippen LogP contribution in [0.15, 0.2) is 35.6 Å². The quantitative estimate of drug-likeness (QED) is 0.590. The van der Waals surface area contributed by atoms with Gasteiger partial charge in [0, 0.05) is 0 Å². The average Bonchev–Trinajstić information content (AvgIpc) is 2.42. The minimum Gasteiger partial charge on any atom is -0.500 e. The SMILES string of the molecule is COC(C)=C(C#N)CCCc1ccccc1C(F)(F)F. The van der Waals surface area contributed by atoms with Crippen LogP contribution in [0.1, 0.15) is 30.9 Å². The number of rotatable bonds is 5. The van der Waals surface area contributed by atoms with Crippen LogP contribution in [-0.4, -0.2) is 7.11 Å². The Hall–Kier alpha value is -1.96. The van der Waals surface area contributed by atoms with Gasteiger partial charge < -0.3 is 4.74 Å². The van der Waals surface area contributed by atoms with E-state index < -0.39 is 11.7 Å². The lowest BCUT2D eigenvalue weighted by molar-refractivity contribution is -0.138. The van der Waals surface area contributed by atoms with Crippen molar-refractivity contribution in [3.8, 4) is 6.07 Å². The lowest BCUT2D eigenvalue weighted by Gasteiger charge is -2.12. The maximum Gasteiger partial charge on any atom is 0.416 e. The van der Waals surface area contributed by atoms with Crippen LogP contribution >= 0.6 is 0 Å². The molecule has 0 atom stereocenters. The minimum atomic E-state index is -4.34. The molecule has 1 rings (SSSR count).